The Labute approximate surface area is 96.6 Å². The van der Waals surface area contributed by atoms with Crippen LogP contribution in [0.3, 0.4) is 0 Å². The summed E-state index contributed by atoms with van der Waals surface area (Å²) in [6, 6.07) is 13.2. The Bertz CT molecular complexity index is 737. The fraction of sp³-hybridized carbons (Fsp3) is 0. The highest BCUT2D eigenvalue weighted by molar-refractivity contribution is 6.35. The van der Waals surface area contributed by atoms with Crippen molar-refractivity contribution in [2.75, 3.05) is 0 Å². The molecule has 0 aliphatic heterocycles. The third kappa shape index (κ3) is 1.13. The lowest BCUT2D eigenvalue weighted by Gasteiger charge is -1.90. The van der Waals surface area contributed by atoms with E-state index in [1.165, 1.54) is 0 Å². The highest BCUT2D eigenvalue weighted by atomic mass is 35.5. The molecule has 0 unspecified atom stereocenters. The number of rotatable bonds is 0. The van der Waals surface area contributed by atoms with E-state index in [9.17, 15) is 0 Å². The van der Waals surface area contributed by atoms with Gasteiger partial charge in [0, 0.05) is 10.8 Å². The Morgan fingerprint density at radius 1 is 1.00 bits per heavy atom. The van der Waals surface area contributed by atoms with Crippen LogP contribution in [0, 0.1) is 11.3 Å². The molecule has 0 fully saturated rings. The van der Waals surface area contributed by atoms with Gasteiger partial charge in [-0.1, -0.05) is 35.9 Å². The Hall–Kier alpha value is -1.98. The molecule has 1 aromatic heterocycles. The van der Waals surface area contributed by atoms with Crippen molar-refractivity contribution in [2.24, 2.45) is 0 Å². The van der Waals surface area contributed by atoms with Crippen LogP contribution in [-0.4, -0.2) is 0 Å². The smallest absolute Gasteiger partial charge is 0.154 e. The molecule has 3 aromatic rings. The number of hydrogen-bond acceptors (Lipinski definition) is 2. The molecule has 0 spiro atoms. The second-order valence-corrected chi connectivity index (χ2v) is 3.92. The van der Waals surface area contributed by atoms with Gasteiger partial charge >= 0.3 is 0 Å². The van der Waals surface area contributed by atoms with Crippen molar-refractivity contribution in [1.82, 2.24) is 0 Å². The summed E-state index contributed by atoms with van der Waals surface area (Å²) < 4.78 is 5.65. The minimum atomic E-state index is 0.532. The summed E-state index contributed by atoms with van der Waals surface area (Å²) >= 11 is 6.05. The molecule has 0 bridgehead atoms. The lowest BCUT2D eigenvalue weighted by atomic mass is 10.1. The molecule has 16 heavy (non-hydrogen) atoms. The molecule has 2 aromatic carbocycles. The number of furan rings is 1. The van der Waals surface area contributed by atoms with Gasteiger partial charge in [0.15, 0.2) is 11.2 Å². The van der Waals surface area contributed by atoms with Gasteiger partial charge in [0.05, 0.1) is 10.6 Å². The van der Waals surface area contributed by atoms with Gasteiger partial charge in [-0.25, -0.2) is 0 Å². The number of fused-ring (bicyclic) bond motifs is 3. The van der Waals surface area contributed by atoms with Crippen LogP contribution < -0.4 is 0 Å². The van der Waals surface area contributed by atoms with E-state index >= 15 is 0 Å². The topological polar surface area (TPSA) is 36.9 Å². The van der Waals surface area contributed by atoms with E-state index in [1.807, 2.05) is 24.3 Å². The van der Waals surface area contributed by atoms with E-state index in [0.29, 0.717) is 21.8 Å². The fourth-order valence-corrected chi connectivity index (χ4v) is 2.09. The molecule has 2 nitrogen and oxygen atoms in total. The predicted octanol–water partition coefficient (Wildman–Crippen LogP) is 4.11. The summed E-state index contributed by atoms with van der Waals surface area (Å²) in [5.41, 5.74) is 1.78. The van der Waals surface area contributed by atoms with Crippen LogP contribution in [0.25, 0.3) is 21.9 Å². The van der Waals surface area contributed by atoms with E-state index in [1.54, 1.807) is 12.1 Å². The van der Waals surface area contributed by atoms with Crippen molar-refractivity contribution < 1.29 is 4.42 Å². The Morgan fingerprint density at radius 2 is 1.69 bits per heavy atom. The highest BCUT2D eigenvalue weighted by Crippen LogP contribution is 2.34. The molecular weight excluding hydrogens is 222 g/mol. The second kappa shape index (κ2) is 3.26. The van der Waals surface area contributed by atoms with Crippen molar-refractivity contribution in [3.8, 4) is 6.07 Å². The second-order valence-electron chi connectivity index (χ2n) is 3.51. The molecule has 0 radical (unpaired) electrons. The van der Waals surface area contributed by atoms with Crippen LogP contribution in [0.1, 0.15) is 5.56 Å². The molecular formula is C13H6ClNO. The monoisotopic (exact) mass is 227 g/mol. The highest BCUT2D eigenvalue weighted by Gasteiger charge is 2.11. The van der Waals surface area contributed by atoms with Gasteiger partial charge < -0.3 is 4.42 Å². The molecule has 3 rings (SSSR count). The maximum atomic E-state index is 8.99. The average molecular weight is 228 g/mol. The van der Waals surface area contributed by atoms with Crippen LogP contribution in [-0.2, 0) is 0 Å². The summed E-state index contributed by atoms with van der Waals surface area (Å²) in [7, 11) is 0. The first-order valence-corrected chi connectivity index (χ1v) is 5.19. The molecule has 1 heterocycles. The lowest BCUT2D eigenvalue weighted by Crippen LogP contribution is -1.73. The first-order chi connectivity index (χ1) is 7.81. The summed E-state index contributed by atoms with van der Waals surface area (Å²) in [5.74, 6) is 0. The first kappa shape index (κ1) is 9.26. The van der Waals surface area contributed by atoms with Crippen molar-refractivity contribution in [2.45, 2.75) is 0 Å². The maximum absolute atomic E-state index is 8.99. The summed E-state index contributed by atoms with van der Waals surface area (Å²) in [4.78, 5) is 0. The molecule has 0 amide bonds. The normalized spacial score (nSPS) is 10.8. The predicted molar refractivity (Wildman–Crippen MR) is 63.4 cm³/mol. The molecule has 0 saturated heterocycles. The SMILES string of the molecule is N#Cc1cccc2c1oc1c(Cl)cccc12. The molecule has 0 aliphatic carbocycles. The zero-order chi connectivity index (χ0) is 11.1. The molecule has 0 aliphatic rings. The van der Waals surface area contributed by atoms with Crippen LogP contribution in [0.2, 0.25) is 5.02 Å². The van der Waals surface area contributed by atoms with Crippen LogP contribution in [0.5, 0.6) is 0 Å². The molecule has 0 saturated carbocycles. The van der Waals surface area contributed by atoms with Gasteiger partial charge in [-0.2, -0.15) is 5.26 Å². The van der Waals surface area contributed by atoms with Crippen LogP contribution in [0.4, 0.5) is 0 Å². The summed E-state index contributed by atoms with van der Waals surface area (Å²) in [5, 5.41) is 11.4. The van der Waals surface area contributed by atoms with E-state index in [-0.39, 0.29) is 0 Å². The third-order valence-corrected chi connectivity index (χ3v) is 2.89. The third-order valence-electron chi connectivity index (χ3n) is 2.60. The van der Waals surface area contributed by atoms with Gasteiger partial charge in [0.1, 0.15) is 6.07 Å². The number of halogens is 1. The zero-order valence-corrected chi connectivity index (χ0v) is 8.95. The maximum Gasteiger partial charge on any atom is 0.154 e. The standard InChI is InChI=1S/C13H6ClNO/c14-11-6-2-5-10-9-4-1-3-8(7-15)12(9)16-13(10)11/h1-6H. The molecule has 3 heteroatoms. The van der Waals surface area contributed by atoms with Gasteiger partial charge in [-0.15, -0.1) is 0 Å². The van der Waals surface area contributed by atoms with Crippen LogP contribution in [0.15, 0.2) is 40.8 Å². The Balaban J connectivity index is 2.61. The van der Waals surface area contributed by atoms with Gasteiger partial charge in [-0.3, -0.25) is 0 Å². The van der Waals surface area contributed by atoms with Crippen molar-refractivity contribution in [3.63, 3.8) is 0 Å². The Morgan fingerprint density at radius 3 is 2.44 bits per heavy atom. The van der Waals surface area contributed by atoms with Gasteiger partial charge in [-0.05, 0) is 12.1 Å². The number of para-hydroxylation sites is 2. The van der Waals surface area contributed by atoms with E-state index < -0.39 is 0 Å². The number of hydrogen-bond donors (Lipinski definition) is 0. The zero-order valence-electron chi connectivity index (χ0n) is 8.20. The average Bonchev–Trinajstić information content (AvgIpc) is 2.69. The summed E-state index contributed by atoms with van der Waals surface area (Å²) in [6.07, 6.45) is 0. The van der Waals surface area contributed by atoms with Crippen molar-refractivity contribution in [1.29, 1.82) is 5.26 Å². The summed E-state index contributed by atoms with van der Waals surface area (Å²) in [6.45, 7) is 0. The van der Waals surface area contributed by atoms with Crippen molar-refractivity contribution >= 4 is 33.5 Å². The number of benzene rings is 2. The van der Waals surface area contributed by atoms with Crippen LogP contribution >= 0.6 is 11.6 Å². The minimum Gasteiger partial charge on any atom is -0.453 e. The lowest BCUT2D eigenvalue weighted by molar-refractivity contribution is 0.668. The fourth-order valence-electron chi connectivity index (χ4n) is 1.87. The molecule has 0 atom stereocenters. The van der Waals surface area contributed by atoms with E-state index in [0.717, 1.165) is 10.8 Å². The molecule has 76 valence electrons. The Kier molecular flexibility index (Phi) is 1.89. The largest absolute Gasteiger partial charge is 0.453 e. The van der Waals surface area contributed by atoms with Crippen molar-refractivity contribution in [3.05, 3.63) is 47.0 Å². The minimum absolute atomic E-state index is 0.532. The first-order valence-electron chi connectivity index (χ1n) is 4.81. The quantitative estimate of drug-likeness (QED) is 0.580. The van der Waals surface area contributed by atoms with E-state index in [4.69, 9.17) is 21.3 Å². The number of nitriles is 1. The van der Waals surface area contributed by atoms with Gasteiger partial charge in [0.25, 0.3) is 0 Å². The number of nitrogens with zero attached hydrogens (tertiary/aromatic N) is 1. The van der Waals surface area contributed by atoms with Gasteiger partial charge in [0.2, 0.25) is 0 Å². The molecule has 0 N–H and O–H groups in total. The van der Waals surface area contributed by atoms with E-state index in [2.05, 4.69) is 6.07 Å².